The Hall–Kier alpha value is -1.43. The zero-order chi connectivity index (χ0) is 17.2. The lowest BCUT2D eigenvalue weighted by Gasteiger charge is -2.37. The molecule has 3 rings (SSSR count). The second kappa shape index (κ2) is 7.21. The summed E-state index contributed by atoms with van der Waals surface area (Å²) in [6, 6.07) is 0.594. The van der Waals surface area contributed by atoms with Crippen LogP contribution in [-0.4, -0.2) is 38.7 Å². The van der Waals surface area contributed by atoms with Crippen molar-refractivity contribution in [2.45, 2.75) is 77.3 Å². The van der Waals surface area contributed by atoms with Gasteiger partial charge in [-0.3, -0.25) is 0 Å². The van der Waals surface area contributed by atoms with Gasteiger partial charge in [0, 0.05) is 6.04 Å². The Labute approximate surface area is 144 Å². The van der Waals surface area contributed by atoms with Gasteiger partial charge in [-0.25, -0.2) is 9.48 Å². The second-order valence-electron chi connectivity index (χ2n) is 8.36. The minimum absolute atomic E-state index is 0.0360. The maximum atomic E-state index is 11.0. The molecule has 0 aromatic carbocycles. The number of hydrogen-bond donors (Lipinski definition) is 2. The minimum atomic E-state index is -1.01. The van der Waals surface area contributed by atoms with Crippen LogP contribution in [-0.2, 0) is 0 Å². The van der Waals surface area contributed by atoms with Gasteiger partial charge >= 0.3 is 5.97 Å². The Morgan fingerprint density at radius 3 is 2.67 bits per heavy atom. The van der Waals surface area contributed by atoms with Crippen LogP contribution in [0.15, 0.2) is 6.20 Å². The average molecular weight is 334 g/mol. The fraction of sp³-hybridized carbons (Fsp3) is 0.833. The van der Waals surface area contributed by atoms with Crippen LogP contribution in [0.2, 0.25) is 0 Å². The number of carboxylic acids is 1. The van der Waals surface area contributed by atoms with Gasteiger partial charge in [-0.15, -0.1) is 5.10 Å². The molecule has 1 aromatic heterocycles. The molecule has 0 bridgehead atoms. The van der Waals surface area contributed by atoms with Crippen molar-refractivity contribution in [1.29, 1.82) is 0 Å². The van der Waals surface area contributed by atoms with Gasteiger partial charge in [-0.05, 0) is 56.4 Å². The predicted molar refractivity (Wildman–Crippen MR) is 92.0 cm³/mol. The van der Waals surface area contributed by atoms with E-state index in [1.807, 2.05) is 0 Å². The molecule has 1 aromatic rings. The van der Waals surface area contributed by atoms with Crippen molar-refractivity contribution < 1.29 is 9.90 Å². The number of aromatic carboxylic acids is 1. The van der Waals surface area contributed by atoms with E-state index in [1.165, 1.54) is 38.5 Å². The predicted octanol–water partition coefficient (Wildman–Crippen LogP) is 3.27. The SMILES string of the molecule is CC1(C)CCC(CN[C@@H]2CCCC[C@@H]2n2cc(C(=O)O)nn2)CC1. The van der Waals surface area contributed by atoms with E-state index in [-0.39, 0.29) is 11.7 Å². The van der Waals surface area contributed by atoms with E-state index in [0.717, 1.165) is 25.3 Å². The maximum absolute atomic E-state index is 11.0. The zero-order valence-electron chi connectivity index (χ0n) is 14.9. The molecule has 0 amide bonds. The van der Waals surface area contributed by atoms with Gasteiger partial charge < -0.3 is 10.4 Å². The van der Waals surface area contributed by atoms with E-state index >= 15 is 0 Å². The molecule has 134 valence electrons. The quantitative estimate of drug-likeness (QED) is 0.864. The van der Waals surface area contributed by atoms with Crippen LogP contribution in [0.1, 0.15) is 81.7 Å². The lowest BCUT2D eigenvalue weighted by molar-refractivity contribution is 0.0690. The smallest absolute Gasteiger partial charge is 0.358 e. The summed E-state index contributed by atoms with van der Waals surface area (Å²) in [5.41, 5.74) is 0.548. The first-order chi connectivity index (χ1) is 11.4. The highest BCUT2D eigenvalue weighted by atomic mass is 16.4. The Bertz CT molecular complexity index is 559. The molecule has 0 spiro atoms. The van der Waals surface area contributed by atoms with Crippen LogP contribution in [0.3, 0.4) is 0 Å². The number of hydrogen-bond acceptors (Lipinski definition) is 4. The Morgan fingerprint density at radius 1 is 1.29 bits per heavy atom. The molecule has 0 saturated heterocycles. The lowest BCUT2D eigenvalue weighted by atomic mass is 9.73. The van der Waals surface area contributed by atoms with Crippen LogP contribution in [0, 0.1) is 11.3 Å². The minimum Gasteiger partial charge on any atom is -0.476 e. The maximum Gasteiger partial charge on any atom is 0.358 e. The first kappa shape index (κ1) is 17.4. The van der Waals surface area contributed by atoms with Gasteiger partial charge in [0.05, 0.1) is 12.2 Å². The summed E-state index contributed by atoms with van der Waals surface area (Å²) in [5, 5.41) is 20.7. The molecule has 1 heterocycles. The molecule has 24 heavy (non-hydrogen) atoms. The number of carboxylic acid groups (broad SMARTS) is 1. The van der Waals surface area contributed by atoms with Crippen LogP contribution < -0.4 is 5.32 Å². The average Bonchev–Trinajstić information content (AvgIpc) is 3.04. The van der Waals surface area contributed by atoms with Gasteiger partial charge in [-0.2, -0.15) is 0 Å². The summed E-state index contributed by atoms with van der Waals surface area (Å²) in [5.74, 6) is -0.239. The molecule has 2 aliphatic rings. The molecular weight excluding hydrogens is 304 g/mol. The van der Waals surface area contributed by atoms with Crippen molar-refractivity contribution in [2.75, 3.05) is 6.54 Å². The lowest BCUT2D eigenvalue weighted by Crippen LogP contribution is -2.43. The van der Waals surface area contributed by atoms with E-state index < -0.39 is 5.97 Å². The fourth-order valence-corrected chi connectivity index (χ4v) is 4.18. The van der Waals surface area contributed by atoms with E-state index in [4.69, 9.17) is 5.11 Å². The van der Waals surface area contributed by atoms with Crippen molar-refractivity contribution in [1.82, 2.24) is 20.3 Å². The first-order valence-electron chi connectivity index (χ1n) is 9.33. The Balaban J connectivity index is 1.57. The number of carbonyl (C=O) groups is 1. The number of aromatic nitrogens is 3. The summed E-state index contributed by atoms with van der Waals surface area (Å²) in [7, 11) is 0. The second-order valence-corrected chi connectivity index (χ2v) is 8.36. The molecule has 2 aliphatic carbocycles. The fourth-order valence-electron chi connectivity index (χ4n) is 4.18. The molecular formula is C18H30N4O2. The zero-order valence-corrected chi connectivity index (χ0v) is 14.9. The Kier molecular flexibility index (Phi) is 5.23. The molecule has 2 fully saturated rings. The van der Waals surface area contributed by atoms with Gasteiger partial charge in [0.25, 0.3) is 0 Å². The monoisotopic (exact) mass is 334 g/mol. The summed E-state index contributed by atoms with van der Waals surface area (Å²) >= 11 is 0. The molecule has 6 heteroatoms. The molecule has 6 nitrogen and oxygen atoms in total. The van der Waals surface area contributed by atoms with Crippen LogP contribution in [0.5, 0.6) is 0 Å². The topological polar surface area (TPSA) is 80.0 Å². The number of rotatable bonds is 5. The van der Waals surface area contributed by atoms with Crippen molar-refractivity contribution in [2.24, 2.45) is 11.3 Å². The first-order valence-corrected chi connectivity index (χ1v) is 9.33. The summed E-state index contributed by atoms with van der Waals surface area (Å²) in [6.07, 6.45) is 11.4. The van der Waals surface area contributed by atoms with Crippen molar-refractivity contribution in [3.63, 3.8) is 0 Å². The van der Waals surface area contributed by atoms with Crippen molar-refractivity contribution in [3.8, 4) is 0 Å². The normalized spacial score (nSPS) is 27.9. The Morgan fingerprint density at radius 2 is 2.00 bits per heavy atom. The van der Waals surface area contributed by atoms with Crippen LogP contribution in [0.25, 0.3) is 0 Å². The third-order valence-electron chi connectivity index (χ3n) is 5.93. The number of nitrogens with one attached hydrogen (secondary N) is 1. The van der Waals surface area contributed by atoms with Gasteiger partial charge in [0.2, 0.25) is 0 Å². The third-order valence-corrected chi connectivity index (χ3v) is 5.93. The molecule has 0 radical (unpaired) electrons. The summed E-state index contributed by atoms with van der Waals surface area (Å²) in [4.78, 5) is 11.0. The van der Waals surface area contributed by atoms with Crippen LogP contribution >= 0.6 is 0 Å². The van der Waals surface area contributed by atoms with Crippen molar-refractivity contribution in [3.05, 3.63) is 11.9 Å². The molecule has 0 aliphatic heterocycles. The highest BCUT2D eigenvalue weighted by molar-refractivity contribution is 5.84. The number of nitrogens with zero attached hydrogens (tertiary/aromatic N) is 3. The van der Waals surface area contributed by atoms with Gasteiger partial charge in [-0.1, -0.05) is 31.9 Å². The standard InChI is InChI=1S/C18H30N4O2/c1-18(2)9-7-13(8-10-18)11-19-14-5-3-4-6-16(14)22-12-15(17(23)24)20-21-22/h12-14,16,19H,3-11H2,1-2H3,(H,23,24)/t14-,16+/m1/s1. The van der Waals surface area contributed by atoms with E-state index in [9.17, 15) is 4.79 Å². The van der Waals surface area contributed by atoms with Gasteiger partial charge in [0.1, 0.15) is 0 Å². The highest BCUT2D eigenvalue weighted by Crippen LogP contribution is 2.38. The largest absolute Gasteiger partial charge is 0.476 e. The molecule has 2 N–H and O–H groups in total. The highest BCUT2D eigenvalue weighted by Gasteiger charge is 2.30. The van der Waals surface area contributed by atoms with E-state index in [1.54, 1.807) is 10.9 Å². The molecule has 0 unspecified atom stereocenters. The van der Waals surface area contributed by atoms with Crippen LogP contribution in [0.4, 0.5) is 0 Å². The summed E-state index contributed by atoms with van der Waals surface area (Å²) in [6.45, 7) is 5.81. The third kappa shape index (κ3) is 4.15. The van der Waals surface area contributed by atoms with E-state index in [0.29, 0.717) is 11.5 Å². The molecule has 2 atom stereocenters. The van der Waals surface area contributed by atoms with Crippen molar-refractivity contribution >= 4 is 5.97 Å². The van der Waals surface area contributed by atoms with E-state index in [2.05, 4.69) is 29.5 Å². The van der Waals surface area contributed by atoms with Gasteiger partial charge in [0.15, 0.2) is 5.69 Å². The summed E-state index contributed by atoms with van der Waals surface area (Å²) < 4.78 is 1.77. The molecule has 2 saturated carbocycles.